The number of nitrogens with one attached hydrogen (secondary N) is 1. The number of alkyl carbamates (subject to hydrolysis) is 1. The molecule has 1 aliphatic rings. The molecule has 3 heteroatoms. The number of benzene rings is 4. The molecule has 0 unspecified atom stereocenters. The summed E-state index contributed by atoms with van der Waals surface area (Å²) >= 11 is 0. The first-order chi connectivity index (χ1) is 15.7. The van der Waals surface area contributed by atoms with Crippen molar-refractivity contribution >= 4 is 16.9 Å². The van der Waals surface area contributed by atoms with E-state index in [1.165, 1.54) is 22.3 Å². The molecule has 0 heterocycles. The number of carbonyl (C=O) groups excluding carboxylic acids is 1. The van der Waals surface area contributed by atoms with Gasteiger partial charge >= 0.3 is 6.09 Å². The van der Waals surface area contributed by atoms with Crippen LogP contribution in [0.1, 0.15) is 28.2 Å². The molecule has 5 rings (SSSR count). The molecule has 0 fully saturated rings. The Labute approximate surface area is 188 Å². The summed E-state index contributed by atoms with van der Waals surface area (Å²) in [7, 11) is 0. The molecule has 0 aromatic heterocycles. The Morgan fingerprint density at radius 3 is 2.28 bits per heavy atom. The monoisotopic (exact) mass is 417 g/mol. The molecule has 0 bridgehead atoms. The van der Waals surface area contributed by atoms with Gasteiger partial charge in [-0.15, -0.1) is 0 Å². The fraction of sp³-hybridized carbons (Fsp3) is 0.138. The Kier molecular flexibility index (Phi) is 5.35. The van der Waals surface area contributed by atoms with Crippen LogP contribution in [0.2, 0.25) is 0 Å². The maximum absolute atomic E-state index is 12.3. The smallest absolute Gasteiger partial charge is 0.407 e. The van der Waals surface area contributed by atoms with E-state index in [0.29, 0.717) is 6.61 Å². The molecule has 1 aliphatic carbocycles. The van der Waals surface area contributed by atoms with E-state index in [9.17, 15) is 4.79 Å². The van der Waals surface area contributed by atoms with E-state index < -0.39 is 6.09 Å². The van der Waals surface area contributed by atoms with Gasteiger partial charge in [-0.05, 0) is 45.5 Å². The van der Waals surface area contributed by atoms with Gasteiger partial charge in [-0.3, -0.25) is 0 Å². The third-order valence-electron chi connectivity index (χ3n) is 6.02. The Morgan fingerprint density at radius 2 is 1.53 bits per heavy atom. The van der Waals surface area contributed by atoms with Gasteiger partial charge in [-0.2, -0.15) is 0 Å². The molecule has 0 saturated carbocycles. The Morgan fingerprint density at radius 1 is 0.875 bits per heavy atom. The first-order valence-corrected chi connectivity index (χ1v) is 10.8. The van der Waals surface area contributed by atoms with Crippen LogP contribution in [0.5, 0.6) is 0 Å². The van der Waals surface area contributed by atoms with Crippen LogP contribution in [0.3, 0.4) is 0 Å². The van der Waals surface area contributed by atoms with Crippen molar-refractivity contribution in [1.29, 1.82) is 0 Å². The normalized spacial score (nSPS) is 11.9. The fourth-order valence-electron chi connectivity index (χ4n) is 4.44. The molecule has 4 aromatic rings. The van der Waals surface area contributed by atoms with Crippen molar-refractivity contribution in [2.75, 3.05) is 13.2 Å². The van der Waals surface area contributed by atoms with Crippen molar-refractivity contribution < 1.29 is 9.53 Å². The van der Waals surface area contributed by atoms with E-state index >= 15 is 0 Å². The molecule has 32 heavy (non-hydrogen) atoms. The molecule has 1 N–H and O–H groups in total. The van der Waals surface area contributed by atoms with Crippen molar-refractivity contribution in [1.82, 2.24) is 5.32 Å². The molecule has 4 aromatic carbocycles. The van der Waals surface area contributed by atoms with Gasteiger partial charge < -0.3 is 10.1 Å². The highest BCUT2D eigenvalue weighted by Crippen LogP contribution is 2.44. The van der Waals surface area contributed by atoms with Crippen LogP contribution >= 0.6 is 0 Å². The molecule has 0 saturated heterocycles. The van der Waals surface area contributed by atoms with Crippen molar-refractivity contribution in [3.63, 3.8) is 0 Å². The summed E-state index contributed by atoms with van der Waals surface area (Å²) in [4.78, 5) is 12.3. The summed E-state index contributed by atoms with van der Waals surface area (Å²) in [6.07, 6.45) is -0.448. The number of ether oxygens (including phenoxy) is 1. The Bertz CT molecular complexity index is 1330. The molecule has 0 atom stereocenters. The van der Waals surface area contributed by atoms with Crippen LogP contribution in [0.25, 0.3) is 21.9 Å². The fourth-order valence-corrected chi connectivity index (χ4v) is 4.44. The summed E-state index contributed by atoms with van der Waals surface area (Å²) < 4.78 is 5.57. The first kappa shape index (κ1) is 19.9. The second-order valence-electron chi connectivity index (χ2n) is 7.96. The number of amides is 1. The van der Waals surface area contributed by atoms with Crippen LogP contribution in [0.4, 0.5) is 4.79 Å². The summed E-state index contributed by atoms with van der Waals surface area (Å²) in [5, 5.41) is 5.04. The highest BCUT2D eigenvalue weighted by molar-refractivity contribution is 5.89. The zero-order valence-corrected chi connectivity index (χ0v) is 17.9. The Hall–Kier alpha value is -4.03. The van der Waals surface area contributed by atoms with Gasteiger partial charge in [0.15, 0.2) is 0 Å². The topological polar surface area (TPSA) is 38.3 Å². The van der Waals surface area contributed by atoms with Gasteiger partial charge in [0.25, 0.3) is 0 Å². The first-order valence-electron chi connectivity index (χ1n) is 10.8. The predicted molar refractivity (Wildman–Crippen MR) is 129 cm³/mol. The molecule has 0 radical (unpaired) electrons. The van der Waals surface area contributed by atoms with Crippen LogP contribution in [0, 0.1) is 18.8 Å². The summed E-state index contributed by atoms with van der Waals surface area (Å²) in [6, 6.07) is 29.0. The highest BCUT2D eigenvalue weighted by Gasteiger charge is 2.28. The molecular formula is C29H23NO2. The van der Waals surface area contributed by atoms with Gasteiger partial charge in [-0.25, -0.2) is 4.79 Å². The van der Waals surface area contributed by atoms with E-state index in [1.807, 2.05) is 36.4 Å². The largest absolute Gasteiger partial charge is 0.449 e. The standard InChI is InChI=1S/C29H23NO2/c1-20-16-17-21-9-2-3-10-23(21)22(20)15-8-18-30-29(31)32-19-28-26-13-6-4-11-24(26)25-12-5-7-14-27(25)28/h2-7,9-14,16-17,28H,18-19H2,1H3,(H,30,31). The lowest BCUT2D eigenvalue weighted by atomic mass is 9.98. The maximum Gasteiger partial charge on any atom is 0.407 e. The van der Waals surface area contributed by atoms with Crippen molar-refractivity contribution in [2.24, 2.45) is 0 Å². The molecule has 0 aliphatic heterocycles. The van der Waals surface area contributed by atoms with Crippen molar-refractivity contribution in [2.45, 2.75) is 12.8 Å². The van der Waals surface area contributed by atoms with Gasteiger partial charge in [0.05, 0.1) is 6.54 Å². The molecule has 156 valence electrons. The average molecular weight is 418 g/mol. The van der Waals surface area contributed by atoms with E-state index in [-0.39, 0.29) is 12.5 Å². The lowest BCUT2D eigenvalue weighted by molar-refractivity contribution is 0.144. The zero-order valence-electron chi connectivity index (χ0n) is 17.9. The van der Waals surface area contributed by atoms with Crippen molar-refractivity contribution in [3.8, 4) is 23.0 Å². The number of hydrogen-bond donors (Lipinski definition) is 1. The van der Waals surface area contributed by atoms with Gasteiger partial charge in [0, 0.05) is 11.5 Å². The molecule has 3 nitrogen and oxygen atoms in total. The van der Waals surface area contributed by atoms with Gasteiger partial charge in [0.1, 0.15) is 6.61 Å². The number of carbonyl (C=O) groups is 1. The van der Waals surface area contributed by atoms with Crippen LogP contribution in [-0.2, 0) is 4.74 Å². The zero-order chi connectivity index (χ0) is 21.9. The minimum absolute atomic E-state index is 0.0533. The van der Waals surface area contributed by atoms with Crippen LogP contribution in [-0.4, -0.2) is 19.2 Å². The van der Waals surface area contributed by atoms with Gasteiger partial charge in [0.2, 0.25) is 0 Å². The van der Waals surface area contributed by atoms with E-state index in [1.54, 1.807) is 0 Å². The number of fused-ring (bicyclic) bond motifs is 4. The summed E-state index contributed by atoms with van der Waals surface area (Å²) in [6.45, 7) is 2.59. The minimum Gasteiger partial charge on any atom is -0.449 e. The van der Waals surface area contributed by atoms with E-state index in [4.69, 9.17) is 4.74 Å². The average Bonchev–Trinajstić information content (AvgIpc) is 3.15. The summed E-state index contributed by atoms with van der Waals surface area (Å²) in [5.74, 6) is 6.33. The summed E-state index contributed by atoms with van der Waals surface area (Å²) in [5.41, 5.74) is 6.96. The lowest BCUT2D eigenvalue weighted by Gasteiger charge is -2.14. The second-order valence-corrected chi connectivity index (χ2v) is 7.96. The van der Waals surface area contributed by atoms with E-state index in [2.05, 4.69) is 72.6 Å². The Balaban J connectivity index is 1.23. The SMILES string of the molecule is Cc1ccc2ccccc2c1C#CCNC(=O)OCC1c2ccccc2-c2ccccc21. The quantitative estimate of drug-likeness (QED) is 0.413. The number of rotatable bonds is 3. The van der Waals surface area contributed by atoms with Crippen LogP contribution in [0.15, 0.2) is 84.9 Å². The number of aryl methyl sites for hydroxylation is 1. The van der Waals surface area contributed by atoms with Crippen molar-refractivity contribution in [3.05, 3.63) is 107 Å². The third-order valence-corrected chi connectivity index (χ3v) is 6.02. The highest BCUT2D eigenvalue weighted by atomic mass is 16.5. The maximum atomic E-state index is 12.3. The van der Waals surface area contributed by atoms with E-state index in [0.717, 1.165) is 21.9 Å². The van der Waals surface area contributed by atoms with Gasteiger partial charge in [-0.1, -0.05) is 96.8 Å². The molecular weight excluding hydrogens is 394 g/mol. The van der Waals surface area contributed by atoms with Crippen LogP contribution < -0.4 is 5.32 Å². The lowest BCUT2D eigenvalue weighted by Crippen LogP contribution is -2.26. The third kappa shape index (κ3) is 3.72. The minimum atomic E-state index is -0.448. The molecule has 0 spiro atoms. The number of hydrogen-bond acceptors (Lipinski definition) is 2. The molecule has 1 amide bonds. The second kappa shape index (κ2) is 8.61. The predicted octanol–water partition coefficient (Wildman–Crippen LogP) is 6.04.